The van der Waals surface area contributed by atoms with Crippen molar-refractivity contribution in [1.29, 1.82) is 0 Å². The van der Waals surface area contributed by atoms with Crippen LogP contribution in [0.2, 0.25) is 0 Å². The number of carboxylic acids is 1. The van der Waals surface area contributed by atoms with E-state index in [1.807, 2.05) is 31.2 Å². The predicted molar refractivity (Wildman–Crippen MR) is 203 cm³/mol. The molecule has 7 N–H and O–H groups in total. The van der Waals surface area contributed by atoms with Gasteiger partial charge in [-0.05, 0) is 69.4 Å². The molecular formula is C38H49FN8O8. The van der Waals surface area contributed by atoms with E-state index >= 15 is 4.39 Å². The summed E-state index contributed by atoms with van der Waals surface area (Å²) in [6.07, 6.45) is 3.62. The van der Waals surface area contributed by atoms with Gasteiger partial charge in [-0.25, -0.2) is 18.8 Å². The Labute approximate surface area is 317 Å². The van der Waals surface area contributed by atoms with Crippen molar-refractivity contribution in [2.75, 3.05) is 56.0 Å². The second kappa shape index (κ2) is 18.0. The number of nitrogens with two attached hydrogens (primary N) is 1. The number of piperazine rings is 1. The van der Waals surface area contributed by atoms with E-state index in [4.69, 9.17) is 10.5 Å². The minimum Gasteiger partial charge on any atom is -0.477 e. The summed E-state index contributed by atoms with van der Waals surface area (Å²) in [7, 11) is 0. The number of primary amides is 1. The summed E-state index contributed by atoms with van der Waals surface area (Å²) in [5, 5.41) is 21.1. The van der Waals surface area contributed by atoms with E-state index in [0.717, 1.165) is 23.7 Å². The number of amides is 5. The second-order valence-electron chi connectivity index (χ2n) is 13.8. The number of ether oxygens (including phenoxy) is 1. The third kappa shape index (κ3) is 9.45. The standard InChI is InChI=1S/C38H49FN8O8/c1-3-41-34(51)38(12-6-13-38)35(52)44-26(7-5-14-42-36(40)53)21-43-25-10-8-24(9-11-25)23-55-37(54)47-17-15-46(16-18-47)31-20-30-27(19-29(31)39)32(48)28(33(49)50)22-45(30)4-2/h8-11,19-20,22,26,43H,3-7,12-18,21,23H2,1-2H3,(H,41,51)(H,44,52)(H,49,50)(H3,40,42,53). The first-order valence-corrected chi connectivity index (χ1v) is 18.6. The van der Waals surface area contributed by atoms with E-state index < -0.39 is 40.3 Å². The highest BCUT2D eigenvalue weighted by Gasteiger charge is 2.50. The maximum absolute atomic E-state index is 15.3. The van der Waals surface area contributed by atoms with E-state index in [2.05, 4.69) is 21.3 Å². The van der Waals surface area contributed by atoms with Crippen molar-refractivity contribution in [2.45, 2.75) is 65.1 Å². The Hall–Kier alpha value is -5.87. The highest BCUT2D eigenvalue weighted by Crippen LogP contribution is 2.41. The number of nitrogens with one attached hydrogen (secondary N) is 4. The fourth-order valence-electron chi connectivity index (χ4n) is 6.91. The van der Waals surface area contributed by atoms with Gasteiger partial charge in [-0.1, -0.05) is 18.6 Å². The Morgan fingerprint density at radius 3 is 2.31 bits per heavy atom. The first-order chi connectivity index (χ1) is 26.4. The van der Waals surface area contributed by atoms with Gasteiger partial charge in [0.1, 0.15) is 23.4 Å². The number of hydrogen-bond acceptors (Lipinski definition) is 9. The lowest BCUT2D eigenvalue weighted by Crippen LogP contribution is -2.57. The molecule has 0 spiro atoms. The quantitative estimate of drug-likeness (QED) is 0.0926. The fourth-order valence-corrected chi connectivity index (χ4v) is 6.91. The van der Waals surface area contributed by atoms with Crippen LogP contribution in [-0.2, 0) is 27.5 Å². The summed E-state index contributed by atoms with van der Waals surface area (Å²) in [6.45, 7) is 6.35. The third-order valence-corrected chi connectivity index (χ3v) is 10.2. The van der Waals surface area contributed by atoms with Crippen LogP contribution in [0.15, 0.2) is 47.4 Å². The minimum atomic E-state index is -1.37. The molecule has 1 saturated heterocycles. The number of rotatable bonds is 16. The number of fused-ring (bicyclic) bond motifs is 1. The van der Waals surface area contributed by atoms with E-state index in [9.17, 15) is 33.9 Å². The van der Waals surface area contributed by atoms with Crippen LogP contribution in [0, 0.1) is 11.2 Å². The number of benzene rings is 2. The number of nitrogens with zero attached hydrogens (tertiary/aromatic N) is 3. The molecule has 0 bridgehead atoms. The Morgan fingerprint density at radius 1 is 1.00 bits per heavy atom. The zero-order valence-corrected chi connectivity index (χ0v) is 31.1. The monoisotopic (exact) mass is 764 g/mol. The summed E-state index contributed by atoms with van der Waals surface area (Å²) >= 11 is 0. The molecule has 2 aromatic carbocycles. The maximum atomic E-state index is 15.3. The number of halogens is 1. The van der Waals surface area contributed by atoms with Crippen molar-refractivity contribution in [2.24, 2.45) is 11.1 Å². The number of urea groups is 1. The number of carbonyl (C=O) groups excluding carboxylic acids is 4. The third-order valence-electron chi connectivity index (χ3n) is 10.2. The Kier molecular flexibility index (Phi) is 13.2. The van der Waals surface area contributed by atoms with Gasteiger partial charge >= 0.3 is 18.1 Å². The molecule has 296 valence electrons. The summed E-state index contributed by atoms with van der Waals surface area (Å²) in [5.41, 5.74) is 5.14. The molecule has 3 aromatic rings. The van der Waals surface area contributed by atoms with Crippen LogP contribution < -0.4 is 37.3 Å². The molecule has 2 heterocycles. The molecule has 16 nitrogen and oxygen atoms in total. The van der Waals surface area contributed by atoms with E-state index in [0.29, 0.717) is 70.5 Å². The van der Waals surface area contributed by atoms with E-state index in [-0.39, 0.29) is 48.6 Å². The zero-order valence-electron chi connectivity index (χ0n) is 31.1. The Morgan fingerprint density at radius 2 is 1.71 bits per heavy atom. The van der Waals surface area contributed by atoms with Crippen LogP contribution in [0.1, 0.15) is 61.9 Å². The Balaban J connectivity index is 1.12. The van der Waals surface area contributed by atoms with Crippen LogP contribution in [0.4, 0.5) is 25.4 Å². The largest absolute Gasteiger partial charge is 0.477 e. The van der Waals surface area contributed by atoms with Gasteiger partial charge in [0, 0.05) is 75.7 Å². The number of pyridine rings is 1. The molecule has 1 aliphatic carbocycles. The average Bonchev–Trinajstić information content (AvgIpc) is 3.14. The highest BCUT2D eigenvalue weighted by atomic mass is 19.1. The van der Waals surface area contributed by atoms with Gasteiger partial charge in [0.2, 0.25) is 17.2 Å². The first-order valence-electron chi connectivity index (χ1n) is 18.6. The maximum Gasteiger partial charge on any atom is 0.410 e. The number of aromatic nitrogens is 1. The van der Waals surface area contributed by atoms with Crippen LogP contribution in [0.25, 0.3) is 10.9 Å². The summed E-state index contributed by atoms with van der Waals surface area (Å²) in [4.78, 5) is 77.7. The van der Waals surface area contributed by atoms with Crippen LogP contribution in [-0.4, -0.2) is 96.3 Å². The van der Waals surface area contributed by atoms with Gasteiger partial charge in [-0.3, -0.25) is 14.4 Å². The molecule has 0 radical (unpaired) electrons. The van der Waals surface area contributed by atoms with Crippen molar-refractivity contribution >= 4 is 52.2 Å². The number of carboxylic acid groups (broad SMARTS) is 1. The smallest absolute Gasteiger partial charge is 0.410 e. The molecule has 5 amide bonds. The molecule has 5 rings (SSSR count). The van der Waals surface area contributed by atoms with Crippen molar-refractivity contribution in [3.8, 4) is 0 Å². The molecular weight excluding hydrogens is 715 g/mol. The fraction of sp³-hybridized carbons (Fsp3) is 0.474. The van der Waals surface area contributed by atoms with Crippen LogP contribution in [0.5, 0.6) is 0 Å². The summed E-state index contributed by atoms with van der Waals surface area (Å²) in [5.74, 6) is -2.59. The van der Waals surface area contributed by atoms with Gasteiger partial charge < -0.3 is 51.2 Å². The van der Waals surface area contributed by atoms with Gasteiger partial charge in [-0.15, -0.1) is 0 Å². The molecule has 1 aromatic heterocycles. The number of carbonyl (C=O) groups is 5. The van der Waals surface area contributed by atoms with Gasteiger partial charge in [0.15, 0.2) is 0 Å². The van der Waals surface area contributed by atoms with Crippen molar-refractivity contribution in [3.05, 3.63) is 69.8 Å². The lowest BCUT2D eigenvalue weighted by Gasteiger charge is -2.39. The number of aryl methyl sites for hydroxylation is 1. The van der Waals surface area contributed by atoms with E-state index in [1.165, 1.54) is 6.20 Å². The normalized spacial score (nSPS) is 15.4. The SMILES string of the molecule is CCNC(=O)C1(C(=O)NC(CCCNC(N)=O)CNc2ccc(COC(=O)N3CCN(c4cc5c(cc4F)c(=O)c(C(=O)O)cn5CC)CC3)cc2)CCC1. The van der Waals surface area contributed by atoms with Gasteiger partial charge in [-0.2, -0.15) is 0 Å². The highest BCUT2D eigenvalue weighted by molar-refractivity contribution is 6.06. The number of anilines is 2. The van der Waals surface area contributed by atoms with Crippen molar-refractivity contribution < 1.29 is 38.2 Å². The molecule has 2 fully saturated rings. The molecule has 55 heavy (non-hydrogen) atoms. The first kappa shape index (κ1) is 40.3. The zero-order chi connectivity index (χ0) is 39.7. The molecule has 1 aliphatic heterocycles. The minimum absolute atomic E-state index is 0.00948. The van der Waals surface area contributed by atoms with Crippen molar-refractivity contribution in [3.63, 3.8) is 0 Å². The lowest BCUT2D eigenvalue weighted by atomic mass is 9.67. The van der Waals surface area contributed by atoms with Crippen LogP contribution in [0.3, 0.4) is 0 Å². The molecule has 17 heteroatoms. The van der Waals surface area contributed by atoms with E-state index in [1.54, 1.807) is 27.4 Å². The second-order valence-corrected chi connectivity index (χ2v) is 13.8. The Bertz CT molecular complexity index is 1960. The average molecular weight is 765 g/mol. The molecule has 1 atom stereocenters. The van der Waals surface area contributed by atoms with Gasteiger partial charge in [0.25, 0.3) is 0 Å². The van der Waals surface area contributed by atoms with Gasteiger partial charge in [0.05, 0.1) is 11.2 Å². The van der Waals surface area contributed by atoms with Crippen LogP contribution >= 0.6 is 0 Å². The molecule has 2 aliphatic rings. The predicted octanol–water partition coefficient (Wildman–Crippen LogP) is 2.97. The number of hydrogen-bond donors (Lipinski definition) is 6. The number of aromatic carboxylic acids is 1. The van der Waals surface area contributed by atoms with Crippen molar-refractivity contribution in [1.82, 2.24) is 25.4 Å². The lowest BCUT2D eigenvalue weighted by molar-refractivity contribution is -0.150. The summed E-state index contributed by atoms with van der Waals surface area (Å²) < 4.78 is 22.5. The topological polar surface area (TPSA) is 217 Å². The molecule has 1 unspecified atom stereocenters. The molecule has 1 saturated carbocycles. The summed E-state index contributed by atoms with van der Waals surface area (Å²) in [6, 6.07) is 8.95.